The smallest absolute Gasteiger partial charge is 0.247 e. The lowest BCUT2D eigenvalue weighted by Gasteiger charge is -2.03. The third kappa shape index (κ3) is 18.9. The maximum Gasteiger partial charge on any atom is 0.378 e. The Morgan fingerprint density at radius 1 is 0.680 bits per heavy atom. The highest BCUT2D eigenvalue weighted by molar-refractivity contribution is 5.81. The lowest BCUT2D eigenvalue weighted by atomic mass is 10.0. The van der Waals surface area contributed by atoms with Gasteiger partial charge in [0.15, 0.2) is 0 Å². The van der Waals surface area contributed by atoms with Crippen molar-refractivity contribution in [3.05, 3.63) is 12.7 Å². The zero-order valence-electron chi connectivity index (χ0n) is 16.2. The summed E-state index contributed by atoms with van der Waals surface area (Å²) in [4.78, 5) is 30.6. The second kappa shape index (κ2) is 19.0. The Hall–Kier alpha value is -1.32. The van der Waals surface area contributed by atoms with Crippen LogP contribution < -0.4 is 0 Å². The van der Waals surface area contributed by atoms with Crippen molar-refractivity contribution >= 4 is 11.9 Å². The predicted octanol–water partition coefficient (Wildman–Crippen LogP) is 6.44. The molecule has 0 unspecified atom stereocenters. The monoisotopic (exact) mass is 354 g/mol. The summed E-state index contributed by atoms with van der Waals surface area (Å²) in [6.45, 7) is 5.48. The first-order valence-corrected chi connectivity index (χ1v) is 10.2. The van der Waals surface area contributed by atoms with Crippen LogP contribution in [0.1, 0.15) is 110 Å². The Morgan fingerprint density at radius 2 is 1.08 bits per heavy atom. The largest absolute Gasteiger partial charge is 0.378 e. The highest BCUT2D eigenvalue weighted by Crippen LogP contribution is 2.13. The Bertz CT molecular complexity index is 339. The maximum atomic E-state index is 11.3. The molecule has 0 radical (unpaired) electrons. The highest BCUT2D eigenvalue weighted by atomic mass is 17.2. The van der Waals surface area contributed by atoms with Gasteiger partial charge in [0.05, 0.1) is 6.42 Å². The van der Waals surface area contributed by atoms with E-state index in [2.05, 4.69) is 23.3 Å². The van der Waals surface area contributed by atoms with Crippen LogP contribution >= 0.6 is 0 Å². The normalized spacial score (nSPS) is 10.4. The molecule has 0 aromatic carbocycles. The molecule has 0 heterocycles. The van der Waals surface area contributed by atoms with E-state index < -0.39 is 11.9 Å². The summed E-state index contributed by atoms with van der Waals surface area (Å²) in [6, 6.07) is 0. The molecule has 0 atom stereocenters. The van der Waals surface area contributed by atoms with Crippen LogP contribution in [0.5, 0.6) is 0 Å². The number of hydrogen-bond acceptors (Lipinski definition) is 4. The van der Waals surface area contributed by atoms with Crippen molar-refractivity contribution in [1.82, 2.24) is 0 Å². The fourth-order valence-electron chi connectivity index (χ4n) is 2.80. The van der Waals surface area contributed by atoms with Crippen molar-refractivity contribution in [2.24, 2.45) is 0 Å². The predicted molar refractivity (Wildman–Crippen MR) is 102 cm³/mol. The first-order valence-electron chi connectivity index (χ1n) is 10.2. The minimum Gasteiger partial charge on any atom is -0.247 e. The average Bonchev–Trinajstić information content (AvgIpc) is 2.62. The Balaban J connectivity index is 3.15. The Kier molecular flexibility index (Phi) is 18.0. The van der Waals surface area contributed by atoms with Gasteiger partial charge < -0.3 is 0 Å². The maximum absolute atomic E-state index is 11.3. The van der Waals surface area contributed by atoms with E-state index in [1.54, 1.807) is 0 Å². The molecule has 0 aliphatic heterocycles. The Morgan fingerprint density at radius 3 is 1.48 bits per heavy atom. The van der Waals surface area contributed by atoms with Crippen molar-refractivity contribution in [2.75, 3.05) is 0 Å². The van der Waals surface area contributed by atoms with Crippen LogP contribution in [0.25, 0.3) is 0 Å². The van der Waals surface area contributed by atoms with Crippen molar-refractivity contribution in [2.45, 2.75) is 110 Å². The molecule has 0 amide bonds. The molecule has 4 heteroatoms. The van der Waals surface area contributed by atoms with E-state index in [0.717, 1.165) is 25.3 Å². The standard InChI is InChI=1S/C21H38O4/c1-3-5-6-7-8-9-10-11-12-13-14-15-16-17-18-19-21(23)25-24-20(22)4-2/h4H,2-3,5-19H2,1H3. The van der Waals surface area contributed by atoms with Gasteiger partial charge in [0.1, 0.15) is 0 Å². The zero-order valence-corrected chi connectivity index (χ0v) is 16.2. The molecule has 0 aromatic heterocycles. The van der Waals surface area contributed by atoms with Gasteiger partial charge in [-0.05, 0) is 6.42 Å². The minimum absolute atomic E-state index is 0.294. The second-order valence-corrected chi connectivity index (χ2v) is 6.76. The highest BCUT2D eigenvalue weighted by Gasteiger charge is 2.06. The molecule has 0 spiro atoms. The van der Waals surface area contributed by atoms with Crippen LogP contribution in [0, 0.1) is 0 Å². The number of carbonyl (C=O) groups excluding carboxylic acids is 2. The number of unbranched alkanes of at least 4 members (excludes halogenated alkanes) is 14. The summed E-state index contributed by atoms with van der Waals surface area (Å²) in [5.41, 5.74) is 0. The first-order chi connectivity index (χ1) is 12.2. The zero-order chi connectivity index (χ0) is 18.6. The van der Waals surface area contributed by atoms with Crippen molar-refractivity contribution in [3.63, 3.8) is 0 Å². The molecular formula is C21H38O4. The molecule has 0 aliphatic rings. The van der Waals surface area contributed by atoms with E-state index in [1.807, 2.05) is 0 Å². The molecule has 0 saturated carbocycles. The van der Waals surface area contributed by atoms with E-state index in [-0.39, 0.29) is 0 Å². The van der Waals surface area contributed by atoms with Crippen LogP contribution in [0.2, 0.25) is 0 Å². The second-order valence-electron chi connectivity index (χ2n) is 6.76. The van der Waals surface area contributed by atoms with E-state index in [1.165, 1.54) is 77.0 Å². The average molecular weight is 355 g/mol. The topological polar surface area (TPSA) is 52.6 Å². The summed E-state index contributed by atoms with van der Waals surface area (Å²) in [6.07, 6.45) is 20.5. The molecule has 0 aliphatic carbocycles. The lowest BCUT2D eigenvalue weighted by molar-refractivity contribution is -0.254. The third-order valence-corrected chi connectivity index (χ3v) is 4.37. The van der Waals surface area contributed by atoms with Gasteiger partial charge in [-0.3, -0.25) is 0 Å². The summed E-state index contributed by atoms with van der Waals surface area (Å²) >= 11 is 0. The summed E-state index contributed by atoms with van der Waals surface area (Å²) < 4.78 is 0. The van der Waals surface area contributed by atoms with Crippen LogP contribution in [-0.4, -0.2) is 11.9 Å². The van der Waals surface area contributed by atoms with Gasteiger partial charge in [-0.25, -0.2) is 19.4 Å². The van der Waals surface area contributed by atoms with Gasteiger partial charge >= 0.3 is 11.9 Å². The number of carbonyl (C=O) groups is 2. The van der Waals surface area contributed by atoms with Crippen molar-refractivity contribution < 1.29 is 19.4 Å². The molecule has 0 fully saturated rings. The van der Waals surface area contributed by atoms with E-state index >= 15 is 0 Å². The minimum atomic E-state index is -0.746. The third-order valence-electron chi connectivity index (χ3n) is 4.37. The van der Waals surface area contributed by atoms with Gasteiger partial charge in [-0.1, -0.05) is 103 Å². The van der Waals surface area contributed by atoms with Crippen LogP contribution in [0.4, 0.5) is 0 Å². The molecule has 0 N–H and O–H groups in total. The van der Waals surface area contributed by atoms with Gasteiger partial charge in [0, 0.05) is 6.08 Å². The fourth-order valence-corrected chi connectivity index (χ4v) is 2.80. The summed E-state index contributed by atoms with van der Waals surface area (Å²) in [5, 5.41) is 0. The van der Waals surface area contributed by atoms with Crippen LogP contribution in [-0.2, 0) is 19.4 Å². The lowest BCUT2D eigenvalue weighted by Crippen LogP contribution is -2.08. The summed E-state index contributed by atoms with van der Waals surface area (Å²) in [5.74, 6) is -1.24. The molecular weight excluding hydrogens is 316 g/mol. The molecule has 25 heavy (non-hydrogen) atoms. The molecule has 4 nitrogen and oxygen atoms in total. The first kappa shape index (κ1) is 23.7. The van der Waals surface area contributed by atoms with E-state index in [9.17, 15) is 9.59 Å². The molecule has 0 aromatic rings. The number of rotatable bonds is 17. The SMILES string of the molecule is C=CC(=O)OOC(=O)CCCCCCCCCCCCCCCCC. The molecule has 0 rings (SSSR count). The van der Waals surface area contributed by atoms with E-state index in [4.69, 9.17) is 0 Å². The molecule has 0 bridgehead atoms. The van der Waals surface area contributed by atoms with Gasteiger partial charge in [-0.15, -0.1) is 0 Å². The van der Waals surface area contributed by atoms with Crippen molar-refractivity contribution in [3.8, 4) is 0 Å². The van der Waals surface area contributed by atoms with Crippen LogP contribution in [0.15, 0.2) is 12.7 Å². The Labute approximate surface area is 154 Å². The van der Waals surface area contributed by atoms with Gasteiger partial charge in [0.2, 0.25) is 0 Å². The fraction of sp³-hybridized carbons (Fsp3) is 0.810. The molecule has 0 saturated heterocycles. The van der Waals surface area contributed by atoms with Gasteiger partial charge in [-0.2, -0.15) is 0 Å². The quantitative estimate of drug-likeness (QED) is 0.131. The summed E-state index contributed by atoms with van der Waals surface area (Å²) in [7, 11) is 0. The number of hydrogen-bond donors (Lipinski definition) is 0. The van der Waals surface area contributed by atoms with Crippen molar-refractivity contribution in [1.29, 1.82) is 0 Å². The van der Waals surface area contributed by atoms with Gasteiger partial charge in [0.25, 0.3) is 0 Å². The molecule has 146 valence electrons. The van der Waals surface area contributed by atoms with E-state index in [0.29, 0.717) is 6.42 Å². The van der Waals surface area contributed by atoms with Crippen LogP contribution in [0.3, 0.4) is 0 Å².